The van der Waals surface area contributed by atoms with Gasteiger partial charge in [0.2, 0.25) is 0 Å². The molecule has 0 amide bonds. The average Bonchev–Trinajstić information content (AvgIpc) is 2.74. The van der Waals surface area contributed by atoms with Gasteiger partial charge in [0, 0.05) is 10.9 Å². The van der Waals surface area contributed by atoms with Gasteiger partial charge in [0.15, 0.2) is 0 Å². The Morgan fingerprint density at radius 1 is 1.59 bits per heavy atom. The number of nitrogens with one attached hydrogen (secondary N) is 1. The summed E-state index contributed by atoms with van der Waals surface area (Å²) in [7, 11) is 0. The lowest BCUT2D eigenvalue weighted by Crippen LogP contribution is -2.02. The van der Waals surface area contributed by atoms with Crippen molar-refractivity contribution >= 4 is 22.5 Å². The number of unbranched alkanes of at least 4 members (excludes halogenated alkanes) is 1. The summed E-state index contributed by atoms with van der Waals surface area (Å²) in [5.41, 5.74) is 0.744. The summed E-state index contributed by atoms with van der Waals surface area (Å²) < 4.78 is 13.9. The van der Waals surface area contributed by atoms with Gasteiger partial charge in [-0.05, 0) is 12.5 Å². The first-order valence-corrected chi connectivity index (χ1v) is 6.02. The van der Waals surface area contributed by atoms with E-state index in [1.54, 1.807) is 6.20 Å². The maximum atomic E-state index is 13.9. The van der Waals surface area contributed by atoms with Crippen LogP contribution in [-0.4, -0.2) is 15.3 Å². The van der Waals surface area contributed by atoms with Crippen LogP contribution in [0.4, 0.5) is 4.39 Å². The third-order valence-corrected chi connectivity index (χ3v) is 3.11. The Labute approximate surface area is 104 Å². The van der Waals surface area contributed by atoms with Crippen LogP contribution in [0, 0.1) is 5.82 Å². The van der Waals surface area contributed by atoms with E-state index in [-0.39, 0.29) is 10.6 Å². The van der Waals surface area contributed by atoms with Crippen molar-refractivity contribution < 1.29 is 9.50 Å². The number of aromatic nitrogens is 2. The van der Waals surface area contributed by atoms with Crippen LogP contribution < -0.4 is 0 Å². The normalized spacial score (nSPS) is 13.2. The number of hydrogen-bond acceptors (Lipinski definition) is 2. The molecule has 1 aromatic heterocycles. The number of aliphatic hydroxyl groups is 1. The fraction of sp³-hybridized carbons (Fsp3) is 0.417. The monoisotopic (exact) mass is 256 g/mol. The molecule has 92 valence electrons. The van der Waals surface area contributed by atoms with Gasteiger partial charge in [0.1, 0.15) is 5.82 Å². The summed E-state index contributed by atoms with van der Waals surface area (Å²) in [6.07, 6.45) is 3.02. The molecule has 0 unspecified atom stereocenters. The third kappa shape index (κ3) is 2.28. The van der Waals surface area contributed by atoms with Gasteiger partial charge in [0.25, 0.3) is 0 Å². The van der Waals surface area contributed by atoms with E-state index in [9.17, 15) is 9.50 Å². The number of benzene rings is 1. The van der Waals surface area contributed by atoms with Gasteiger partial charge in [-0.1, -0.05) is 31.4 Å². The topological polar surface area (TPSA) is 48.9 Å². The first-order valence-electron chi connectivity index (χ1n) is 5.64. The summed E-state index contributed by atoms with van der Waals surface area (Å²) in [6.45, 7) is 2.02. The predicted molar refractivity (Wildman–Crippen MR) is 65.5 cm³/mol. The highest BCUT2D eigenvalue weighted by molar-refractivity contribution is 6.31. The Balaban J connectivity index is 2.49. The van der Waals surface area contributed by atoms with Crippen molar-refractivity contribution in [2.45, 2.75) is 32.3 Å². The van der Waals surface area contributed by atoms with Crippen molar-refractivity contribution in [3.8, 4) is 0 Å². The molecule has 0 aliphatic rings. The van der Waals surface area contributed by atoms with E-state index < -0.39 is 11.9 Å². The van der Waals surface area contributed by atoms with Crippen molar-refractivity contribution in [3.63, 3.8) is 0 Å². The minimum Gasteiger partial charge on any atom is -0.388 e. The van der Waals surface area contributed by atoms with E-state index in [1.165, 1.54) is 6.07 Å². The minimum absolute atomic E-state index is 0.0180. The average molecular weight is 257 g/mol. The first-order chi connectivity index (χ1) is 8.15. The molecule has 1 heterocycles. The van der Waals surface area contributed by atoms with E-state index in [1.807, 2.05) is 6.92 Å². The molecule has 0 radical (unpaired) electrons. The second-order valence-corrected chi connectivity index (χ2v) is 4.49. The largest absolute Gasteiger partial charge is 0.388 e. The second kappa shape index (κ2) is 5.02. The molecule has 0 saturated heterocycles. The number of nitrogens with zero attached hydrogens (tertiary/aromatic N) is 1. The molecular formula is C12H14ClFN2O. The van der Waals surface area contributed by atoms with Crippen LogP contribution in [0.3, 0.4) is 0 Å². The molecule has 0 aliphatic heterocycles. The molecule has 2 N–H and O–H groups in total. The van der Waals surface area contributed by atoms with Crippen molar-refractivity contribution in [1.82, 2.24) is 10.2 Å². The first kappa shape index (κ1) is 12.3. The summed E-state index contributed by atoms with van der Waals surface area (Å²) >= 11 is 5.80. The lowest BCUT2D eigenvalue weighted by molar-refractivity contribution is 0.161. The number of aliphatic hydroxyl groups excluding tert-OH is 1. The van der Waals surface area contributed by atoms with E-state index in [0.717, 1.165) is 12.8 Å². The van der Waals surface area contributed by atoms with E-state index in [2.05, 4.69) is 10.2 Å². The van der Waals surface area contributed by atoms with Gasteiger partial charge in [-0.3, -0.25) is 5.10 Å². The van der Waals surface area contributed by atoms with Crippen LogP contribution in [0.25, 0.3) is 10.9 Å². The number of fused-ring (bicyclic) bond motifs is 1. The molecule has 1 aromatic carbocycles. The third-order valence-electron chi connectivity index (χ3n) is 2.83. The highest BCUT2D eigenvalue weighted by Crippen LogP contribution is 2.32. The zero-order valence-corrected chi connectivity index (χ0v) is 10.3. The van der Waals surface area contributed by atoms with E-state index >= 15 is 0 Å². The number of H-pyrrole nitrogens is 1. The molecule has 1 atom stereocenters. The molecule has 17 heavy (non-hydrogen) atoms. The maximum Gasteiger partial charge on any atom is 0.149 e. The lowest BCUT2D eigenvalue weighted by atomic mass is 10.0. The zero-order valence-electron chi connectivity index (χ0n) is 9.50. The molecule has 3 nitrogen and oxygen atoms in total. The van der Waals surface area contributed by atoms with Crippen LogP contribution >= 0.6 is 11.6 Å². The lowest BCUT2D eigenvalue weighted by Gasteiger charge is -2.13. The van der Waals surface area contributed by atoms with Crippen LogP contribution in [-0.2, 0) is 0 Å². The van der Waals surface area contributed by atoms with Gasteiger partial charge in [-0.2, -0.15) is 5.10 Å². The standard InChI is InChI=1S/C12H14ClFN2O/c1-2-3-4-9(17)10-11(14)8(13)5-7-6-15-16-12(7)10/h5-6,9,17H,2-4H2,1H3,(H,15,16)/t9-/m0/s1. The van der Waals surface area contributed by atoms with Crippen LogP contribution in [0.1, 0.15) is 37.9 Å². The molecule has 2 aromatic rings. The zero-order chi connectivity index (χ0) is 12.4. The SMILES string of the molecule is CCCC[C@H](O)c1c(F)c(Cl)cc2cn[nH]c12. The quantitative estimate of drug-likeness (QED) is 0.878. The summed E-state index contributed by atoms with van der Waals surface area (Å²) in [5.74, 6) is -0.563. The molecule has 0 saturated carbocycles. The Morgan fingerprint density at radius 3 is 3.06 bits per heavy atom. The number of aromatic amines is 1. The van der Waals surface area contributed by atoms with Crippen molar-refractivity contribution in [2.24, 2.45) is 0 Å². The van der Waals surface area contributed by atoms with Crippen molar-refractivity contribution in [3.05, 3.63) is 28.7 Å². The molecule has 0 bridgehead atoms. The summed E-state index contributed by atoms with van der Waals surface area (Å²) in [5, 5.41) is 17.3. The smallest absolute Gasteiger partial charge is 0.149 e. The highest BCUT2D eigenvalue weighted by Gasteiger charge is 2.20. The molecule has 2 rings (SSSR count). The number of halogens is 2. The minimum atomic E-state index is -0.850. The summed E-state index contributed by atoms with van der Waals surface area (Å²) in [4.78, 5) is 0. The van der Waals surface area contributed by atoms with Gasteiger partial charge >= 0.3 is 0 Å². The van der Waals surface area contributed by atoms with Gasteiger partial charge in [-0.15, -0.1) is 0 Å². The van der Waals surface area contributed by atoms with Crippen LogP contribution in [0.2, 0.25) is 5.02 Å². The van der Waals surface area contributed by atoms with E-state index in [0.29, 0.717) is 17.3 Å². The summed E-state index contributed by atoms with van der Waals surface area (Å²) in [6, 6.07) is 1.51. The fourth-order valence-corrected chi connectivity index (χ4v) is 2.13. The van der Waals surface area contributed by atoms with Crippen LogP contribution in [0.15, 0.2) is 12.3 Å². The number of hydrogen-bond donors (Lipinski definition) is 2. The maximum absolute atomic E-state index is 13.9. The van der Waals surface area contributed by atoms with Crippen molar-refractivity contribution in [2.75, 3.05) is 0 Å². The Bertz CT molecular complexity index is 526. The Morgan fingerprint density at radius 2 is 2.35 bits per heavy atom. The highest BCUT2D eigenvalue weighted by atomic mass is 35.5. The molecule has 0 spiro atoms. The van der Waals surface area contributed by atoms with E-state index in [4.69, 9.17) is 11.6 Å². The Kier molecular flexibility index (Phi) is 3.64. The molecule has 0 fully saturated rings. The number of rotatable bonds is 4. The molecule has 0 aliphatic carbocycles. The predicted octanol–water partition coefficient (Wildman–Crippen LogP) is 3.58. The molecule has 5 heteroatoms. The van der Waals surface area contributed by atoms with Crippen LogP contribution in [0.5, 0.6) is 0 Å². The van der Waals surface area contributed by atoms with Crippen molar-refractivity contribution in [1.29, 1.82) is 0 Å². The Hall–Kier alpha value is -1.13. The van der Waals surface area contributed by atoms with Gasteiger partial charge < -0.3 is 5.11 Å². The molecular weight excluding hydrogens is 243 g/mol. The second-order valence-electron chi connectivity index (χ2n) is 4.08. The fourth-order valence-electron chi connectivity index (χ4n) is 1.91. The van der Waals surface area contributed by atoms with Gasteiger partial charge in [-0.25, -0.2) is 4.39 Å². The van der Waals surface area contributed by atoms with Gasteiger partial charge in [0.05, 0.1) is 22.8 Å².